The molecule has 0 radical (unpaired) electrons. The number of halogens is 6. The van der Waals surface area contributed by atoms with Crippen molar-refractivity contribution in [2.75, 3.05) is 0 Å². The highest BCUT2D eigenvalue weighted by molar-refractivity contribution is 5.94. The van der Waals surface area contributed by atoms with Crippen LogP contribution in [-0.2, 0) is 23.9 Å². The minimum Gasteiger partial charge on any atom is -0.366 e. The van der Waals surface area contributed by atoms with E-state index in [1.807, 2.05) is 13.8 Å². The lowest BCUT2D eigenvalue weighted by Gasteiger charge is -2.29. The number of aromatic nitrogens is 3. The van der Waals surface area contributed by atoms with Gasteiger partial charge >= 0.3 is 6.18 Å². The quantitative estimate of drug-likeness (QED) is 0.249. The van der Waals surface area contributed by atoms with Gasteiger partial charge in [-0.3, -0.25) is 19.3 Å². The Labute approximate surface area is 249 Å². The van der Waals surface area contributed by atoms with E-state index in [0.717, 1.165) is 22.9 Å². The average Bonchev–Trinajstić information content (AvgIpc) is 3.33. The van der Waals surface area contributed by atoms with Gasteiger partial charge in [-0.25, -0.2) is 13.2 Å². The third-order valence-electron chi connectivity index (χ3n) is 7.35. The number of alkyl halides is 3. The van der Waals surface area contributed by atoms with Crippen molar-refractivity contribution in [3.05, 3.63) is 94.9 Å². The van der Waals surface area contributed by atoms with E-state index in [-0.39, 0.29) is 35.7 Å². The lowest BCUT2D eigenvalue weighted by molar-refractivity contribution is -0.141. The molecule has 13 heteroatoms. The van der Waals surface area contributed by atoms with Crippen molar-refractivity contribution in [1.29, 1.82) is 0 Å². The minimum atomic E-state index is -4.72. The summed E-state index contributed by atoms with van der Waals surface area (Å²) in [6.07, 6.45) is -1.13. The summed E-state index contributed by atoms with van der Waals surface area (Å²) in [7, 11) is 0. The van der Waals surface area contributed by atoms with Crippen LogP contribution in [0.2, 0.25) is 0 Å². The number of pyridine rings is 1. The second-order valence-electron chi connectivity index (χ2n) is 11.2. The van der Waals surface area contributed by atoms with Gasteiger partial charge in [-0.1, -0.05) is 32.9 Å². The highest BCUT2D eigenvalue weighted by Crippen LogP contribution is 2.38. The molecule has 2 heterocycles. The molecule has 0 bridgehead atoms. The molecule has 1 aromatic carbocycles. The SMILES string of the molecule is CC(C)Cc1cc(C(F)(F)F)nn1CC(=O)N[C@@H](CC1C=C(F)C=C(F)C1C)c1ncccc1-c1ccc(F)c(C(N)=O)c1. The van der Waals surface area contributed by atoms with Crippen LogP contribution in [0.5, 0.6) is 0 Å². The summed E-state index contributed by atoms with van der Waals surface area (Å²) in [5.41, 5.74) is 4.93. The van der Waals surface area contributed by atoms with Gasteiger partial charge in [-0.15, -0.1) is 0 Å². The van der Waals surface area contributed by atoms with Gasteiger partial charge in [-0.2, -0.15) is 18.3 Å². The number of hydrogen-bond donors (Lipinski definition) is 2. The number of primary amides is 1. The number of nitrogens with two attached hydrogens (primary N) is 1. The molecule has 2 amide bonds. The Morgan fingerprint density at radius 3 is 2.50 bits per heavy atom. The van der Waals surface area contributed by atoms with Crippen LogP contribution in [0.3, 0.4) is 0 Å². The van der Waals surface area contributed by atoms with E-state index in [9.17, 15) is 35.9 Å². The van der Waals surface area contributed by atoms with Gasteiger partial charge in [0.2, 0.25) is 5.91 Å². The van der Waals surface area contributed by atoms with Crippen molar-refractivity contribution >= 4 is 11.8 Å². The second kappa shape index (κ2) is 13.1. The summed E-state index contributed by atoms with van der Waals surface area (Å²) in [6.45, 7) is 4.61. The molecule has 0 saturated carbocycles. The van der Waals surface area contributed by atoms with Crippen molar-refractivity contribution in [2.24, 2.45) is 23.5 Å². The molecule has 1 aliphatic rings. The molecule has 3 atom stereocenters. The number of hydrogen-bond acceptors (Lipinski definition) is 4. The molecule has 0 spiro atoms. The van der Waals surface area contributed by atoms with Crippen LogP contribution in [0.25, 0.3) is 11.1 Å². The number of allylic oxidation sites excluding steroid dienone is 4. The Hall–Kier alpha value is -4.42. The summed E-state index contributed by atoms with van der Waals surface area (Å²) in [4.78, 5) is 29.6. The highest BCUT2D eigenvalue weighted by atomic mass is 19.4. The number of nitrogens with zero attached hydrogens (tertiary/aromatic N) is 3. The smallest absolute Gasteiger partial charge is 0.366 e. The number of carbonyl (C=O) groups excluding carboxylic acids is 2. The van der Waals surface area contributed by atoms with Crippen LogP contribution < -0.4 is 11.1 Å². The Morgan fingerprint density at radius 1 is 1.11 bits per heavy atom. The van der Waals surface area contributed by atoms with Crippen molar-refractivity contribution in [1.82, 2.24) is 20.1 Å². The largest absolute Gasteiger partial charge is 0.435 e. The summed E-state index contributed by atoms with van der Waals surface area (Å²) in [6, 6.07) is 6.71. The van der Waals surface area contributed by atoms with E-state index in [1.54, 1.807) is 19.1 Å². The Bertz CT molecular complexity index is 1610. The molecule has 44 heavy (non-hydrogen) atoms. The molecule has 3 N–H and O–H groups in total. The lowest BCUT2D eigenvalue weighted by atomic mass is 9.82. The van der Waals surface area contributed by atoms with Crippen LogP contribution in [0.4, 0.5) is 26.3 Å². The van der Waals surface area contributed by atoms with E-state index >= 15 is 0 Å². The summed E-state index contributed by atoms with van der Waals surface area (Å²) in [5.74, 6) is -5.60. The Balaban J connectivity index is 1.73. The van der Waals surface area contributed by atoms with Gasteiger partial charge in [0, 0.05) is 29.4 Å². The molecule has 1 aliphatic carbocycles. The van der Waals surface area contributed by atoms with Crippen LogP contribution in [0.15, 0.2) is 66.4 Å². The van der Waals surface area contributed by atoms with Crippen molar-refractivity contribution in [3.8, 4) is 11.1 Å². The van der Waals surface area contributed by atoms with E-state index in [0.29, 0.717) is 11.1 Å². The number of nitrogens with one attached hydrogen (secondary N) is 1. The van der Waals surface area contributed by atoms with Crippen LogP contribution >= 0.6 is 0 Å². The number of rotatable bonds is 10. The van der Waals surface area contributed by atoms with Gasteiger partial charge in [0.1, 0.15) is 24.0 Å². The van der Waals surface area contributed by atoms with Gasteiger partial charge in [0.15, 0.2) is 5.69 Å². The molecule has 7 nitrogen and oxygen atoms in total. The third-order valence-corrected chi connectivity index (χ3v) is 7.35. The highest BCUT2D eigenvalue weighted by Gasteiger charge is 2.35. The topological polar surface area (TPSA) is 103 Å². The fourth-order valence-electron chi connectivity index (χ4n) is 5.16. The van der Waals surface area contributed by atoms with E-state index in [4.69, 9.17) is 5.73 Å². The predicted octanol–water partition coefficient (Wildman–Crippen LogP) is 6.62. The van der Waals surface area contributed by atoms with Crippen LogP contribution in [0.1, 0.15) is 60.7 Å². The van der Waals surface area contributed by atoms with Crippen molar-refractivity contribution < 1.29 is 35.9 Å². The molecule has 0 saturated heterocycles. The maximum Gasteiger partial charge on any atom is 0.435 e. The fourth-order valence-corrected chi connectivity index (χ4v) is 5.16. The normalized spacial score (nSPS) is 17.7. The molecule has 3 aromatic rings. The lowest BCUT2D eigenvalue weighted by Crippen LogP contribution is -2.35. The molecular formula is C31H31F6N5O2. The molecule has 4 rings (SSSR count). The Kier molecular flexibility index (Phi) is 9.65. The van der Waals surface area contributed by atoms with E-state index in [2.05, 4.69) is 15.4 Å². The van der Waals surface area contributed by atoms with Gasteiger partial charge in [0.25, 0.3) is 5.91 Å². The zero-order valence-corrected chi connectivity index (χ0v) is 24.1. The summed E-state index contributed by atoms with van der Waals surface area (Å²) in [5, 5.41) is 6.39. The van der Waals surface area contributed by atoms with Gasteiger partial charge in [0.05, 0.1) is 17.3 Å². The van der Waals surface area contributed by atoms with Gasteiger partial charge in [-0.05, 0) is 60.6 Å². The Morgan fingerprint density at radius 2 is 1.84 bits per heavy atom. The van der Waals surface area contributed by atoms with Crippen LogP contribution in [0, 0.1) is 23.6 Å². The summed E-state index contributed by atoms with van der Waals surface area (Å²) < 4.78 is 84.4. The fraction of sp³-hybridized carbons (Fsp3) is 0.355. The van der Waals surface area contributed by atoms with Crippen molar-refractivity contribution in [2.45, 2.75) is 52.4 Å². The summed E-state index contributed by atoms with van der Waals surface area (Å²) >= 11 is 0. The third kappa shape index (κ3) is 7.56. The molecular weight excluding hydrogens is 588 g/mol. The molecule has 2 unspecified atom stereocenters. The van der Waals surface area contributed by atoms with Gasteiger partial charge < -0.3 is 11.1 Å². The first kappa shape index (κ1) is 32.5. The first-order valence-corrected chi connectivity index (χ1v) is 13.9. The maximum atomic E-state index is 14.5. The molecule has 0 aliphatic heterocycles. The maximum absolute atomic E-state index is 14.5. The van der Waals surface area contributed by atoms with Crippen LogP contribution in [-0.4, -0.2) is 26.6 Å². The average molecular weight is 620 g/mol. The second-order valence-corrected chi connectivity index (χ2v) is 11.2. The predicted molar refractivity (Wildman–Crippen MR) is 150 cm³/mol. The zero-order valence-electron chi connectivity index (χ0n) is 24.1. The minimum absolute atomic E-state index is 0.0307. The standard InChI is InChI=1S/C31H31F6N5O2/c1-16(2)9-21-14-27(31(35,36)37)41-42(21)15-28(43)40-26(12-19-10-20(32)13-25(34)17(19)3)29-22(5-4-8-39-29)18-6-7-24(33)23(11-18)30(38)44/h4-8,10-11,13-14,16-17,19,26H,9,12,15H2,1-3H3,(H2,38,44)(H,40,43)/t17?,19?,26-/m0/s1. The van der Waals surface area contributed by atoms with Crippen molar-refractivity contribution in [3.63, 3.8) is 0 Å². The first-order chi connectivity index (χ1) is 20.6. The number of carbonyl (C=O) groups is 2. The number of amides is 2. The molecule has 2 aromatic heterocycles. The van der Waals surface area contributed by atoms with E-state index in [1.165, 1.54) is 24.4 Å². The molecule has 234 valence electrons. The first-order valence-electron chi connectivity index (χ1n) is 13.9. The zero-order chi connectivity index (χ0) is 32.3. The number of benzene rings is 1. The molecule has 0 fully saturated rings. The van der Waals surface area contributed by atoms with E-state index < -0.39 is 65.6 Å². The monoisotopic (exact) mass is 619 g/mol.